The van der Waals surface area contributed by atoms with Crippen LogP contribution in [0, 0.1) is 0 Å². The standard InChI is InChI=1S/C32H43ClN2O/c1-3-4-5-6-7-8-9-10-11-12-13-14-15-16-17-29-26-32(27-18-20-28(33)21-19-27)35(34-29)30-22-24-31(36-2)25-23-30/h14-15,18-26H,3-13,16-17H2,1-2H3/b15-14-. The summed E-state index contributed by atoms with van der Waals surface area (Å²) < 4.78 is 7.34. The first-order chi connectivity index (χ1) is 17.7. The van der Waals surface area contributed by atoms with Gasteiger partial charge in [0, 0.05) is 10.6 Å². The Morgan fingerprint density at radius 1 is 0.778 bits per heavy atom. The average Bonchev–Trinajstić information content (AvgIpc) is 3.33. The highest BCUT2D eigenvalue weighted by atomic mass is 35.5. The van der Waals surface area contributed by atoms with Crippen LogP contribution in [-0.2, 0) is 6.42 Å². The van der Waals surface area contributed by atoms with E-state index in [9.17, 15) is 0 Å². The third-order valence-corrected chi connectivity index (χ3v) is 6.93. The predicted octanol–water partition coefficient (Wildman–Crippen LogP) is 10.0. The molecule has 2 aromatic carbocycles. The van der Waals surface area contributed by atoms with Crippen LogP contribution in [0.3, 0.4) is 0 Å². The van der Waals surface area contributed by atoms with Gasteiger partial charge in [0.25, 0.3) is 0 Å². The van der Waals surface area contributed by atoms with Crippen LogP contribution in [0.5, 0.6) is 5.75 Å². The maximum atomic E-state index is 6.12. The van der Waals surface area contributed by atoms with Gasteiger partial charge in [-0.05, 0) is 68.1 Å². The van der Waals surface area contributed by atoms with Gasteiger partial charge in [0.2, 0.25) is 0 Å². The number of nitrogens with zero attached hydrogens (tertiary/aromatic N) is 2. The quantitative estimate of drug-likeness (QED) is 0.134. The highest BCUT2D eigenvalue weighted by molar-refractivity contribution is 6.30. The summed E-state index contributed by atoms with van der Waals surface area (Å²) in [6.07, 6.45) is 21.7. The third kappa shape index (κ3) is 9.50. The molecule has 0 unspecified atom stereocenters. The fourth-order valence-electron chi connectivity index (χ4n) is 4.52. The van der Waals surface area contributed by atoms with Crippen molar-refractivity contribution in [3.05, 3.63) is 77.5 Å². The molecule has 0 fully saturated rings. The van der Waals surface area contributed by atoms with Gasteiger partial charge in [-0.3, -0.25) is 0 Å². The fourth-order valence-corrected chi connectivity index (χ4v) is 4.64. The van der Waals surface area contributed by atoms with Gasteiger partial charge in [0.05, 0.1) is 24.2 Å². The van der Waals surface area contributed by atoms with Gasteiger partial charge in [-0.1, -0.05) is 101 Å². The topological polar surface area (TPSA) is 27.1 Å². The van der Waals surface area contributed by atoms with E-state index < -0.39 is 0 Å². The number of rotatable bonds is 17. The maximum absolute atomic E-state index is 6.12. The van der Waals surface area contributed by atoms with Crippen LogP contribution in [-0.4, -0.2) is 16.9 Å². The van der Waals surface area contributed by atoms with Crippen molar-refractivity contribution in [2.75, 3.05) is 7.11 Å². The molecule has 194 valence electrons. The molecule has 0 radical (unpaired) electrons. The highest BCUT2D eigenvalue weighted by Crippen LogP contribution is 2.27. The van der Waals surface area contributed by atoms with Crippen molar-refractivity contribution in [2.45, 2.75) is 90.4 Å². The summed E-state index contributed by atoms with van der Waals surface area (Å²) in [6.45, 7) is 2.28. The van der Waals surface area contributed by atoms with Gasteiger partial charge >= 0.3 is 0 Å². The van der Waals surface area contributed by atoms with E-state index in [4.69, 9.17) is 21.4 Å². The normalized spacial score (nSPS) is 11.4. The molecule has 3 rings (SSSR count). The monoisotopic (exact) mass is 506 g/mol. The predicted molar refractivity (Wildman–Crippen MR) is 154 cm³/mol. The Balaban J connectivity index is 1.46. The number of aromatic nitrogens is 2. The van der Waals surface area contributed by atoms with Crippen LogP contribution in [0.25, 0.3) is 16.9 Å². The first-order valence-electron chi connectivity index (χ1n) is 13.9. The van der Waals surface area contributed by atoms with Gasteiger partial charge in [0.1, 0.15) is 5.75 Å². The molecule has 1 aromatic heterocycles. The smallest absolute Gasteiger partial charge is 0.119 e. The second-order valence-electron chi connectivity index (χ2n) is 9.62. The van der Waals surface area contributed by atoms with Crippen LogP contribution in [0.4, 0.5) is 0 Å². The molecule has 3 nitrogen and oxygen atoms in total. The van der Waals surface area contributed by atoms with Crippen molar-refractivity contribution in [1.82, 2.24) is 9.78 Å². The lowest BCUT2D eigenvalue weighted by atomic mass is 10.1. The molecule has 0 spiro atoms. The van der Waals surface area contributed by atoms with E-state index in [1.165, 1.54) is 70.6 Å². The Hall–Kier alpha value is -2.52. The molecule has 0 bridgehead atoms. The number of aryl methyl sites for hydroxylation is 1. The molecule has 0 N–H and O–H groups in total. The molecule has 0 aliphatic rings. The summed E-state index contributed by atoms with van der Waals surface area (Å²) in [7, 11) is 1.68. The molecule has 3 aromatic rings. The molecule has 0 amide bonds. The zero-order valence-electron chi connectivity index (χ0n) is 22.2. The Bertz CT molecular complexity index is 1020. The molecular formula is C32H43ClN2O. The lowest BCUT2D eigenvalue weighted by molar-refractivity contribution is 0.414. The van der Waals surface area contributed by atoms with E-state index in [0.717, 1.165) is 46.3 Å². The first kappa shape index (κ1) is 28.1. The number of allylic oxidation sites excluding steroid dienone is 2. The van der Waals surface area contributed by atoms with Crippen molar-refractivity contribution in [3.63, 3.8) is 0 Å². The zero-order valence-corrected chi connectivity index (χ0v) is 23.0. The van der Waals surface area contributed by atoms with Crippen LogP contribution in [0.1, 0.15) is 89.7 Å². The summed E-state index contributed by atoms with van der Waals surface area (Å²) in [5.74, 6) is 0.840. The maximum Gasteiger partial charge on any atom is 0.119 e. The molecule has 1 heterocycles. The van der Waals surface area contributed by atoms with Crippen molar-refractivity contribution in [3.8, 4) is 22.7 Å². The van der Waals surface area contributed by atoms with Crippen LogP contribution in [0.15, 0.2) is 66.7 Å². The number of halogens is 1. The Morgan fingerprint density at radius 3 is 2.03 bits per heavy atom. The number of unbranched alkanes of at least 4 members (excludes halogenated alkanes) is 10. The first-order valence-corrected chi connectivity index (χ1v) is 14.2. The van der Waals surface area contributed by atoms with Crippen molar-refractivity contribution in [2.24, 2.45) is 0 Å². The second kappa shape index (κ2) is 16.3. The molecule has 0 aliphatic carbocycles. The van der Waals surface area contributed by atoms with Crippen molar-refractivity contribution >= 4 is 11.6 Å². The van der Waals surface area contributed by atoms with Crippen molar-refractivity contribution < 1.29 is 4.74 Å². The average molecular weight is 507 g/mol. The molecule has 0 atom stereocenters. The van der Waals surface area contributed by atoms with Crippen molar-refractivity contribution in [1.29, 1.82) is 0 Å². The number of hydrogen-bond acceptors (Lipinski definition) is 2. The zero-order chi connectivity index (χ0) is 25.4. The largest absolute Gasteiger partial charge is 0.497 e. The lowest BCUT2D eigenvalue weighted by Crippen LogP contribution is -2.00. The minimum atomic E-state index is 0.738. The number of hydrogen-bond donors (Lipinski definition) is 0. The Labute approximate surface area is 223 Å². The summed E-state index contributed by atoms with van der Waals surface area (Å²) in [6, 6.07) is 18.2. The Kier molecular flexibility index (Phi) is 12.7. The molecule has 0 saturated carbocycles. The molecule has 36 heavy (non-hydrogen) atoms. The van der Waals surface area contributed by atoms with E-state index in [-0.39, 0.29) is 0 Å². The van der Waals surface area contributed by atoms with Crippen LogP contribution >= 0.6 is 11.6 Å². The van der Waals surface area contributed by atoms with Gasteiger partial charge in [0.15, 0.2) is 0 Å². The van der Waals surface area contributed by atoms with E-state index in [1.807, 2.05) is 41.1 Å². The number of benzene rings is 2. The van der Waals surface area contributed by atoms with Crippen LogP contribution < -0.4 is 4.74 Å². The minimum Gasteiger partial charge on any atom is -0.497 e. The second-order valence-corrected chi connectivity index (χ2v) is 10.1. The summed E-state index contributed by atoms with van der Waals surface area (Å²) in [5, 5.41) is 5.68. The van der Waals surface area contributed by atoms with Crippen LogP contribution in [0.2, 0.25) is 5.02 Å². The van der Waals surface area contributed by atoms with E-state index in [0.29, 0.717) is 0 Å². The fraction of sp³-hybridized carbons (Fsp3) is 0.469. The lowest BCUT2D eigenvalue weighted by Gasteiger charge is -2.08. The van der Waals surface area contributed by atoms with Gasteiger partial charge in [-0.15, -0.1) is 0 Å². The summed E-state index contributed by atoms with van der Waals surface area (Å²) >= 11 is 6.12. The van der Waals surface area contributed by atoms with E-state index in [2.05, 4.69) is 37.3 Å². The van der Waals surface area contributed by atoms with Gasteiger partial charge in [-0.2, -0.15) is 5.10 Å². The minimum absolute atomic E-state index is 0.738. The third-order valence-electron chi connectivity index (χ3n) is 6.68. The summed E-state index contributed by atoms with van der Waals surface area (Å²) in [5.41, 5.74) is 4.29. The van der Waals surface area contributed by atoms with Gasteiger partial charge in [-0.25, -0.2) is 4.68 Å². The van der Waals surface area contributed by atoms with Gasteiger partial charge < -0.3 is 4.74 Å². The summed E-state index contributed by atoms with van der Waals surface area (Å²) in [4.78, 5) is 0. The van der Waals surface area contributed by atoms with E-state index in [1.54, 1.807) is 7.11 Å². The molecule has 4 heteroatoms. The molecule has 0 aliphatic heterocycles. The number of methoxy groups -OCH3 is 1. The Morgan fingerprint density at radius 2 is 1.39 bits per heavy atom. The van der Waals surface area contributed by atoms with E-state index >= 15 is 0 Å². The number of ether oxygens (including phenoxy) is 1. The SMILES string of the molecule is CCCCCCCCCCCC/C=C\CCc1cc(-c2ccc(Cl)cc2)n(-c2ccc(OC)cc2)n1. The highest BCUT2D eigenvalue weighted by Gasteiger charge is 2.12. The molecular weight excluding hydrogens is 464 g/mol. The molecule has 0 saturated heterocycles.